The van der Waals surface area contributed by atoms with Gasteiger partial charge in [-0.25, -0.2) is 5.50 Å². The lowest BCUT2D eigenvalue weighted by Gasteiger charge is -2.29. The van der Waals surface area contributed by atoms with Gasteiger partial charge in [-0.05, 0) is 79.2 Å². The number of hydrogen-bond acceptors (Lipinski definition) is 1. The first-order valence-electron chi connectivity index (χ1n) is 15.2. The molecule has 1 heterocycles. The molecule has 1 aliphatic heterocycles. The van der Waals surface area contributed by atoms with Gasteiger partial charge in [0.05, 0.1) is 24.5 Å². The lowest BCUT2D eigenvalue weighted by Crippen LogP contribution is -2.29. The van der Waals surface area contributed by atoms with Crippen molar-refractivity contribution < 1.29 is 4.57 Å². The highest BCUT2D eigenvalue weighted by molar-refractivity contribution is 7.65. The zero-order valence-electron chi connectivity index (χ0n) is 24.8. The summed E-state index contributed by atoms with van der Waals surface area (Å²) in [6.07, 6.45) is 0. The quantitative estimate of drug-likeness (QED) is 0.193. The molecule has 0 bridgehead atoms. The Bertz CT molecular complexity index is 2080. The van der Waals surface area contributed by atoms with E-state index in [0.29, 0.717) is 13.1 Å². The van der Waals surface area contributed by atoms with Gasteiger partial charge < -0.3 is 0 Å². The third kappa shape index (κ3) is 4.89. The standard InChI is InChI=1S/C40H32N3OP/c41-45(44)42(27-29-21-23-33-15-9-17-35(37(33)25-29)31-11-3-1-4-12-31)39-19-7-8-20-40(39)43(45)28-30-22-24-34-16-10-18-36(38(34)26-30)32-13-5-2-6-14-32/h1-26H,27-28H2,(H2,41,44). The minimum atomic E-state index is -3.47. The van der Waals surface area contributed by atoms with E-state index in [2.05, 4.69) is 121 Å². The van der Waals surface area contributed by atoms with Crippen LogP contribution in [0.2, 0.25) is 0 Å². The van der Waals surface area contributed by atoms with Crippen LogP contribution in [0.5, 0.6) is 0 Å². The maximum atomic E-state index is 14.7. The first-order valence-corrected chi connectivity index (χ1v) is 16.9. The molecule has 8 rings (SSSR count). The SMILES string of the molecule is NP1(=O)N(Cc2ccc3cccc(-c4ccccc4)c3c2)c2ccccc2N1Cc1ccc2cccc(-c3ccccc3)c2c1. The van der Waals surface area contributed by atoms with E-state index in [1.807, 2.05) is 45.7 Å². The molecule has 0 fully saturated rings. The number of hydrogen-bond donors (Lipinski definition) is 1. The van der Waals surface area contributed by atoms with Crippen LogP contribution in [0, 0.1) is 0 Å². The average molecular weight is 602 g/mol. The summed E-state index contributed by atoms with van der Waals surface area (Å²) in [7, 11) is -3.47. The van der Waals surface area contributed by atoms with E-state index in [1.165, 1.54) is 43.8 Å². The Morgan fingerprint density at radius 1 is 0.467 bits per heavy atom. The summed E-state index contributed by atoms with van der Waals surface area (Å²) in [5, 5.41) is 4.68. The van der Waals surface area contributed by atoms with Crippen molar-refractivity contribution in [3.63, 3.8) is 0 Å². The van der Waals surface area contributed by atoms with Crippen molar-refractivity contribution in [3.8, 4) is 22.3 Å². The summed E-state index contributed by atoms with van der Waals surface area (Å²) in [6.45, 7) is 0.881. The van der Waals surface area contributed by atoms with Gasteiger partial charge in [-0.15, -0.1) is 0 Å². The van der Waals surface area contributed by atoms with Crippen LogP contribution < -0.4 is 14.8 Å². The first-order chi connectivity index (χ1) is 22.1. The summed E-state index contributed by atoms with van der Waals surface area (Å²) in [5.41, 5.74) is 15.5. The van der Waals surface area contributed by atoms with Crippen LogP contribution in [0.25, 0.3) is 43.8 Å². The van der Waals surface area contributed by atoms with E-state index in [-0.39, 0.29) is 0 Å². The second-order valence-corrected chi connectivity index (χ2v) is 13.8. The van der Waals surface area contributed by atoms with Gasteiger partial charge in [0, 0.05) is 0 Å². The van der Waals surface area contributed by atoms with Crippen molar-refractivity contribution in [2.75, 3.05) is 9.34 Å². The fourth-order valence-corrected chi connectivity index (χ4v) is 8.58. The molecule has 0 spiro atoms. The summed E-state index contributed by atoms with van der Waals surface area (Å²) in [5.74, 6) is 0. The number of nitrogens with zero attached hydrogens (tertiary/aromatic N) is 2. The molecule has 0 aromatic heterocycles. The number of para-hydroxylation sites is 2. The molecule has 0 saturated carbocycles. The molecule has 218 valence electrons. The van der Waals surface area contributed by atoms with E-state index >= 15 is 0 Å². The molecular formula is C40H32N3OP. The Labute approximate surface area is 263 Å². The van der Waals surface area contributed by atoms with Crippen molar-refractivity contribution >= 4 is 40.5 Å². The van der Waals surface area contributed by atoms with Gasteiger partial charge in [0.15, 0.2) is 0 Å². The van der Waals surface area contributed by atoms with Crippen LogP contribution in [0.15, 0.2) is 158 Å². The zero-order chi connectivity index (χ0) is 30.4. The van der Waals surface area contributed by atoms with E-state index < -0.39 is 7.59 Å². The van der Waals surface area contributed by atoms with Crippen LogP contribution in [0.4, 0.5) is 11.4 Å². The summed E-state index contributed by atoms with van der Waals surface area (Å²) < 4.78 is 18.5. The van der Waals surface area contributed by atoms with Gasteiger partial charge in [0.25, 0.3) is 0 Å². The lowest BCUT2D eigenvalue weighted by atomic mass is 9.97. The number of fused-ring (bicyclic) bond motifs is 3. The minimum Gasteiger partial charge on any atom is -0.288 e. The molecule has 45 heavy (non-hydrogen) atoms. The predicted molar refractivity (Wildman–Crippen MR) is 189 cm³/mol. The van der Waals surface area contributed by atoms with Crippen molar-refractivity contribution in [1.82, 2.24) is 0 Å². The van der Waals surface area contributed by atoms with Crippen LogP contribution in [0.1, 0.15) is 11.1 Å². The highest BCUT2D eigenvalue weighted by atomic mass is 31.2. The van der Waals surface area contributed by atoms with Crippen molar-refractivity contribution in [2.45, 2.75) is 13.1 Å². The number of nitrogens with two attached hydrogens (primary N) is 1. The molecular weight excluding hydrogens is 569 g/mol. The second-order valence-electron chi connectivity index (χ2n) is 11.6. The Morgan fingerprint density at radius 2 is 0.889 bits per heavy atom. The Kier molecular flexibility index (Phi) is 6.75. The molecule has 5 heteroatoms. The Hall–Kier alpha value is -5.15. The number of anilines is 2. The maximum Gasteiger partial charge on any atom is 0.331 e. The molecule has 7 aromatic rings. The van der Waals surface area contributed by atoms with Gasteiger partial charge in [-0.3, -0.25) is 13.9 Å². The topological polar surface area (TPSA) is 49.6 Å². The van der Waals surface area contributed by atoms with Gasteiger partial charge in [-0.1, -0.05) is 133 Å². The third-order valence-corrected chi connectivity index (χ3v) is 11.0. The Morgan fingerprint density at radius 3 is 1.33 bits per heavy atom. The van der Waals surface area contributed by atoms with Crippen molar-refractivity contribution in [3.05, 3.63) is 169 Å². The maximum absolute atomic E-state index is 14.7. The molecule has 0 aliphatic carbocycles. The van der Waals surface area contributed by atoms with Crippen LogP contribution in [-0.4, -0.2) is 0 Å². The normalized spacial score (nSPS) is 13.8. The largest absolute Gasteiger partial charge is 0.331 e. The van der Waals surface area contributed by atoms with Gasteiger partial charge in [0.2, 0.25) is 0 Å². The zero-order valence-corrected chi connectivity index (χ0v) is 25.6. The second kappa shape index (κ2) is 11.1. The summed E-state index contributed by atoms with van der Waals surface area (Å²) in [4.78, 5) is 0. The van der Waals surface area contributed by atoms with E-state index in [1.54, 1.807) is 0 Å². The van der Waals surface area contributed by atoms with Crippen LogP contribution in [-0.2, 0) is 17.7 Å². The molecule has 0 atom stereocenters. The molecule has 0 unspecified atom stereocenters. The summed E-state index contributed by atoms with van der Waals surface area (Å²) in [6, 6.07) is 54.7. The molecule has 0 saturated heterocycles. The lowest BCUT2D eigenvalue weighted by molar-refractivity contribution is 0.570. The van der Waals surface area contributed by atoms with E-state index in [0.717, 1.165) is 22.5 Å². The highest BCUT2D eigenvalue weighted by Gasteiger charge is 2.43. The van der Waals surface area contributed by atoms with Gasteiger partial charge in [0.1, 0.15) is 0 Å². The van der Waals surface area contributed by atoms with Crippen molar-refractivity contribution in [2.24, 2.45) is 5.50 Å². The minimum absolute atomic E-state index is 0.441. The smallest absolute Gasteiger partial charge is 0.288 e. The first kappa shape index (κ1) is 27.4. The molecule has 7 aromatic carbocycles. The van der Waals surface area contributed by atoms with Gasteiger partial charge in [-0.2, -0.15) is 0 Å². The van der Waals surface area contributed by atoms with E-state index in [9.17, 15) is 4.57 Å². The van der Waals surface area contributed by atoms with E-state index in [4.69, 9.17) is 5.50 Å². The summed E-state index contributed by atoms with van der Waals surface area (Å²) >= 11 is 0. The molecule has 2 N–H and O–H groups in total. The van der Waals surface area contributed by atoms with Crippen LogP contribution in [0.3, 0.4) is 0 Å². The number of benzene rings is 7. The predicted octanol–water partition coefficient (Wildman–Crippen LogP) is 10.4. The van der Waals surface area contributed by atoms with Crippen molar-refractivity contribution in [1.29, 1.82) is 0 Å². The fraction of sp³-hybridized carbons (Fsp3) is 0.0500. The fourth-order valence-electron chi connectivity index (χ4n) is 6.63. The third-order valence-electron chi connectivity index (χ3n) is 8.86. The number of rotatable bonds is 6. The molecule has 0 amide bonds. The monoisotopic (exact) mass is 601 g/mol. The highest BCUT2D eigenvalue weighted by Crippen LogP contribution is 2.61. The van der Waals surface area contributed by atoms with Crippen LogP contribution >= 0.6 is 7.59 Å². The molecule has 0 radical (unpaired) electrons. The average Bonchev–Trinajstić information content (AvgIpc) is 3.29. The molecule has 1 aliphatic rings. The Balaban J connectivity index is 1.15. The molecule has 4 nitrogen and oxygen atoms in total. The van der Waals surface area contributed by atoms with Gasteiger partial charge >= 0.3 is 7.59 Å².